The van der Waals surface area contributed by atoms with Gasteiger partial charge in [0.1, 0.15) is 5.41 Å². The van der Waals surface area contributed by atoms with Crippen LogP contribution in [0.3, 0.4) is 0 Å². The number of benzene rings is 2. The molecule has 29 heavy (non-hydrogen) atoms. The van der Waals surface area contributed by atoms with Crippen molar-refractivity contribution in [2.24, 2.45) is 5.41 Å². The number of hydrogen-bond donors (Lipinski definition) is 3. The van der Waals surface area contributed by atoms with Gasteiger partial charge in [-0.05, 0) is 62.1 Å². The second kappa shape index (κ2) is 7.54. The lowest BCUT2D eigenvalue weighted by Gasteiger charge is -2.15. The van der Waals surface area contributed by atoms with E-state index < -0.39 is 5.41 Å². The van der Waals surface area contributed by atoms with Crippen molar-refractivity contribution < 1.29 is 14.4 Å². The summed E-state index contributed by atoms with van der Waals surface area (Å²) >= 11 is 0. The predicted molar refractivity (Wildman–Crippen MR) is 112 cm³/mol. The Kier molecular flexibility index (Phi) is 4.92. The van der Waals surface area contributed by atoms with Crippen LogP contribution < -0.4 is 10.6 Å². The number of amides is 2. The second-order valence-corrected chi connectivity index (χ2v) is 7.54. The van der Waals surface area contributed by atoms with E-state index in [2.05, 4.69) is 21.7 Å². The number of hydrogen-bond acceptors (Lipinski definition) is 3. The van der Waals surface area contributed by atoms with Crippen molar-refractivity contribution in [2.75, 3.05) is 11.9 Å². The second-order valence-electron chi connectivity index (χ2n) is 7.54. The maximum atomic E-state index is 12.7. The third kappa shape index (κ3) is 3.78. The molecular formula is C23H23N3O3. The Morgan fingerprint density at radius 1 is 1.00 bits per heavy atom. The number of aromatic nitrogens is 1. The molecule has 1 aromatic heterocycles. The Hall–Kier alpha value is -3.41. The van der Waals surface area contributed by atoms with Crippen molar-refractivity contribution in [3.05, 3.63) is 65.9 Å². The summed E-state index contributed by atoms with van der Waals surface area (Å²) in [5.74, 6) is -0.552. The monoisotopic (exact) mass is 389 g/mol. The summed E-state index contributed by atoms with van der Waals surface area (Å²) in [6.07, 6.45) is 3.74. The summed E-state index contributed by atoms with van der Waals surface area (Å²) in [5.41, 5.74) is 2.39. The maximum absolute atomic E-state index is 12.7. The first-order valence-corrected chi connectivity index (χ1v) is 9.75. The molecule has 0 spiro atoms. The molecule has 3 aromatic rings. The number of ketones is 1. The average Bonchev–Trinajstić information content (AvgIpc) is 3.45. The zero-order valence-corrected chi connectivity index (χ0v) is 16.2. The fourth-order valence-corrected chi connectivity index (χ4v) is 3.54. The Bertz CT molecular complexity index is 1080. The number of aromatic amines is 1. The zero-order chi connectivity index (χ0) is 20.4. The molecule has 1 saturated carbocycles. The normalized spacial score (nSPS) is 14.4. The summed E-state index contributed by atoms with van der Waals surface area (Å²) in [7, 11) is 0. The summed E-state index contributed by atoms with van der Waals surface area (Å²) in [4.78, 5) is 39.9. The molecule has 1 aliphatic rings. The molecule has 1 fully saturated rings. The Balaban J connectivity index is 1.34. The van der Waals surface area contributed by atoms with Crippen LogP contribution in [0.1, 0.15) is 35.7 Å². The van der Waals surface area contributed by atoms with Crippen molar-refractivity contribution in [2.45, 2.75) is 26.2 Å². The van der Waals surface area contributed by atoms with Crippen LogP contribution in [0.2, 0.25) is 0 Å². The number of H-pyrrole nitrogens is 1. The van der Waals surface area contributed by atoms with Crippen molar-refractivity contribution >= 4 is 34.2 Å². The Morgan fingerprint density at radius 3 is 2.41 bits per heavy atom. The van der Waals surface area contributed by atoms with Crippen molar-refractivity contribution in [3.8, 4) is 0 Å². The summed E-state index contributed by atoms with van der Waals surface area (Å²) in [6, 6.07) is 14.7. The number of para-hydroxylation sites is 1. The van der Waals surface area contributed by atoms with Crippen LogP contribution in [0.4, 0.5) is 5.69 Å². The van der Waals surface area contributed by atoms with Crippen LogP contribution in [0.25, 0.3) is 10.9 Å². The van der Waals surface area contributed by atoms with Crippen LogP contribution in [-0.4, -0.2) is 29.1 Å². The molecule has 0 atom stereocenters. The van der Waals surface area contributed by atoms with E-state index in [9.17, 15) is 14.4 Å². The number of carbonyl (C=O) groups excluding carboxylic acids is 3. The van der Waals surface area contributed by atoms with Gasteiger partial charge in [0.25, 0.3) is 0 Å². The van der Waals surface area contributed by atoms with E-state index in [1.165, 1.54) is 6.92 Å². The highest BCUT2D eigenvalue weighted by atomic mass is 16.2. The first kappa shape index (κ1) is 18.9. The van der Waals surface area contributed by atoms with Gasteiger partial charge in [-0.3, -0.25) is 14.4 Å². The molecule has 2 aromatic carbocycles. The highest BCUT2D eigenvalue weighted by Gasteiger charge is 2.56. The number of nitrogens with one attached hydrogen (secondary N) is 3. The van der Waals surface area contributed by atoms with Gasteiger partial charge in [0, 0.05) is 34.9 Å². The minimum atomic E-state index is -0.987. The van der Waals surface area contributed by atoms with E-state index in [-0.39, 0.29) is 17.6 Å². The fourth-order valence-electron chi connectivity index (χ4n) is 3.54. The van der Waals surface area contributed by atoms with Gasteiger partial charge >= 0.3 is 0 Å². The van der Waals surface area contributed by atoms with Crippen molar-refractivity contribution in [3.63, 3.8) is 0 Å². The van der Waals surface area contributed by atoms with E-state index in [4.69, 9.17) is 0 Å². The molecule has 0 aliphatic heterocycles. The van der Waals surface area contributed by atoms with E-state index >= 15 is 0 Å². The third-order valence-electron chi connectivity index (χ3n) is 5.52. The van der Waals surface area contributed by atoms with Crippen LogP contribution in [0, 0.1) is 5.41 Å². The van der Waals surface area contributed by atoms with Gasteiger partial charge in [0.2, 0.25) is 11.8 Å². The molecule has 0 bridgehead atoms. The smallest absolute Gasteiger partial charge is 0.240 e. The number of fused-ring (bicyclic) bond motifs is 1. The molecule has 3 N–H and O–H groups in total. The first-order valence-electron chi connectivity index (χ1n) is 9.75. The fraction of sp³-hybridized carbons (Fsp3) is 0.261. The molecule has 4 rings (SSSR count). The van der Waals surface area contributed by atoms with Gasteiger partial charge in [0.05, 0.1) is 0 Å². The highest BCUT2D eigenvalue weighted by molar-refractivity contribution is 6.13. The minimum absolute atomic E-state index is 0.0314. The molecule has 6 nitrogen and oxygen atoms in total. The van der Waals surface area contributed by atoms with Gasteiger partial charge < -0.3 is 15.6 Å². The molecule has 148 valence electrons. The van der Waals surface area contributed by atoms with Crippen LogP contribution >= 0.6 is 0 Å². The molecule has 0 unspecified atom stereocenters. The van der Waals surface area contributed by atoms with Crippen molar-refractivity contribution in [1.82, 2.24) is 10.3 Å². The Morgan fingerprint density at radius 2 is 1.72 bits per heavy atom. The lowest BCUT2D eigenvalue weighted by molar-refractivity contribution is -0.134. The van der Waals surface area contributed by atoms with Gasteiger partial charge in [-0.1, -0.05) is 18.2 Å². The average molecular weight is 389 g/mol. The summed E-state index contributed by atoms with van der Waals surface area (Å²) in [6.45, 7) is 1.97. The minimum Gasteiger partial charge on any atom is -0.361 e. The molecule has 1 aliphatic carbocycles. The lowest BCUT2D eigenvalue weighted by Crippen LogP contribution is -2.40. The van der Waals surface area contributed by atoms with E-state index in [1.54, 1.807) is 24.3 Å². The van der Waals surface area contributed by atoms with E-state index in [0.717, 1.165) is 16.5 Å². The summed E-state index contributed by atoms with van der Waals surface area (Å²) < 4.78 is 0. The topological polar surface area (TPSA) is 91.1 Å². The quantitative estimate of drug-likeness (QED) is 0.427. The SMILES string of the molecule is CC(=O)c1ccc(NC(=O)C2(C(=O)NCCc3c[nH]c4ccccc34)CC2)cc1. The summed E-state index contributed by atoms with van der Waals surface area (Å²) in [5, 5.41) is 6.87. The van der Waals surface area contributed by atoms with Gasteiger partial charge in [-0.15, -0.1) is 0 Å². The molecule has 6 heteroatoms. The van der Waals surface area contributed by atoms with Gasteiger partial charge in [-0.25, -0.2) is 0 Å². The van der Waals surface area contributed by atoms with Crippen molar-refractivity contribution in [1.29, 1.82) is 0 Å². The van der Waals surface area contributed by atoms with Crippen LogP contribution in [0.15, 0.2) is 54.7 Å². The predicted octanol–water partition coefficient (Wildman–Crippen LogP) is 3.45. The lowest BCUT2D eigenvalue weighted by atomic mass is 10.0. The number of anilines is 1. The van der Waals surface area contributed by atoms with Gasteiger partial charge in [-0.2, -0.15) is 0 Å². The van der Waals surface area contributed by atoms with E-state index in [0.29, 0.717) is 37.1 Å². The molecule has 0 radical (unpaired) electrons. The molecule has 0 saturated heterocycles. The molecule has 2 amide bonds. The highest BCUT2D eigenvalue weighted by Crippen LogP contribution is 2.46. The zero-order valence-electron chi connectivity index (χ0n) is 16.2. The maximum Gasteiger partial charge on any atom is 0.240 e. The number of rotatable bonds is 7. The molecule has 1 heterocycles. The largest absolute Gasteiger partial charge is 0.361 e. The Labute approximate surface area is 168 Å². The van der Waals surface area contributed by atoms with Crippen LogP contribution in [-0.2, 0) is 16.0 Å². The van der Waals surface area contributed by atoms with Gasteiger partial charge in [0.15, 0.2) is 5.78 Å². The van der Waals surface area contributed by atoms with E-state index in [1.807, 2.05) is 24.4 Å². The van der Waals surface area contributed by atoms with Crippen LogP contribution in [0.5, 0.6) is 0 Å². The standard InChI is InChI=1S/C23H23N3O3/c1-15(27)16-6-8-18(9-7-16)26-22(29)23(11-12-23)21(28)24-13-10-17-14-25-20-5-3-2-4-19(17)20/h2-9,14,25H,10-13H2,1H3,(H,24,28)(H,26,29). The third-order valence-corrected chi connectivity index (χ3v) is 5.52. The number of Topliss-reactive ketones (excluding diaryl/α,β-unsaturated/α-hetero) is 1. The number of carbonyl (C=O) groups is 3. The first-order chi connectivity index (χ1) is 14.0. The molecular weight excluding hydrogens is 366 g/mol.